The molecule has 2 unspecified atom stereocenters. The summed E-state index contributed by atoms with van der Waals surface area (Å²) in [6, 6.07) is 13.0. The molecule has 0 bridgehead atoms. The van der Waals surface area contributed by atoms with Gasteiger partial charge in [0, 0.05) is 0 Å². The summed E-state index contributed by atoms with van der Waals surface area (Å²) in [5, 5.41) is 13.9. The van der Waals surface area contributed by atoms with Gasteiger partial charge in [0.1, 0.15) is 6.07 Å². The Morgan fingerprint density at radius 1 is 0.926 bits per heavy atom. The lowest BCUT2D eigenvalue weighted by atomic mass is 10.1. The van der Waals surface area contributed by atoms with Crippen molar-refractivity contribution < 1.29 is 22.8 Å². The summed E-state index contributed by atoms with van der Waals surface area (Å²) in [7, 11) is 0. The molecule has 27 heavy (non-hydrogen) atoms. The van der Waals surface area contributed by atoms with Crippen LogP contribution in [0, 0.1) is 23.2 Å². The van der Waals surface area contributed by atoms with Crippen molar-refractivity contribution in [2.75, 3.05) is 10.6 Å². The Morgan fingerprint density at radius 2 is 1.44 bits per heavy atom. The normalized spacial score (nSPS) is 18.3. The van der Waals surface area contributed by atoms with Gasteiger partial charge in [-0.2, -0.15) is 18.4 Å². The van der Waals surface area contributed by atoms with Crippen molar-refractivity contribution in [3.63, 3.8) is 0 Å². The number of carbonyl (C=O) groups is 2. The molecular weight excluding hydrogens is 359 g/mol. The quantitative estimate of drug-likeness (QED) is 0.855. The van der Waals surface area contributed by atoms with Gasteiger partial charge >= 0.3 is 6.18 Å². The number of amides is 2. The summed E-state index contributed by atoms with van der Waals surface area (Å²) >= 11 is 0. The Balaban J connectivity index is 1.65. The zero-order chi connectivity index (χ0) is 19.6. The molecule has 3 rings (SSSR count). The van der Waals surface area contributed by atoms with Gasteiger partial charge in [-0.25, -0.2) is 0 Å². The Labute approximate surface area is 152 Å². The largest absolute Gasteiger partial charge is 0.418 e. The van der Waals surface area contributed by atoms with Crippen molar-refractivity contribution in [2.45, 2.75) is 12.6 Å². The lowest BCUT2D eigenvalue weighted by Crippen LogP contribution is -2.22. The van der Waals surface area contributed by atoms with Gasteiger partial charge in [0.15, 0.2) is 0 Å². The fourth-order valence-corrected chi connectivity index (χ4v) is 2.75. The second-order valence-electron chi connectivity index (χ2n) is 6.13. The highest BCUT2D eigenvalue weighted by molar-refractivity contribution is 6.03. The van der Waals surface area contributed by atoms with Crippen LogP contribution in [0.1, 0.15) is 17.5 Å². The van der Waals surface area contributed by atoms with E-state index in [1.54, 1.807) is 24.3 Å². The highest BCUT2D eigenvalue weighted by Gasteiger charge is 2.48. The molecule has 0 aromatic heterocycles. The minimum atomic E-state index is -4.59. The van der Waals surface area contributed by atoms with Crippen LogP contribution in [0.15, 0.2) is 48.5 Å². The van der Waals surface area contributed by atoms with Crippen LogP contribution in [0.2, 0.25) is 0 Å². The van der Waals surface area contributed by atoms with Crippen LogP contribution in [-0.2, 0) is 15.8 Å². The van der Waals surface area contributed by atoms with Crippen LogP contribution >= 0.6 is 0 Å². The molecule has 138 valence electrons. The molecule has 2 atom stereocenters. The average Bonchev–Trinajstić information content (AvgIpc) is 3.43. The maximum atomic E-state index is 13.0. The molecule has 5 nitrogen and oxygen atoms in total. The van der Waals surface area contributed by atoms with Gasteiger partial charge in [0.25, 0.3) is 0 Å². The highest BCUT2D eigenvalue weighted by atomic mass is 19.4. The molecule has 0 aliphatic heterocycles. The van der Waals surface area contributed by atoms with Gasteiger partial charge in [0.2, 0.25) is 11.8 Å². The third kappa shape index (κ3) is 4.08. The predicted octanol–water partition coefficient (Wildman–Crippen LogP) is 3.79. The van der Waals surface area contributed by atoms with E-state index in [0.29, 0.717) is 5.69 Å². The van der Waals surface area contributed by atoms with E-state index in [4.69, 9.17) is 5.26 Å². The van der Waals surface area contributed by atoms with E-state index in [1.165, 1.54) is 18.2 Å². The van der Waals surface area contributed by atoms with Crippen LogP contribution in [0.25, 0.3) is 0 Å². The number of nitriles is 1. The lowest BCUT2D eigenvalue weighted by Gasteiger charge is -2.13. The molecule has 2 aromatic rings. The number of halogens is 3. The zero-order valence-electron chi connectivity index (χ0n) is 13.9. The van der Waals surface area contributed by atoms with E-state index in [0.717, 1.165) is 6.07 Å². The summed E-state index contributed by atoms with van der Waals surface area (Å²) in [5.74, 6) is -2.43. The number of nitrogens with zero attached hydrogens (tertiary/aromatic N) is 1. The number of para-hydroxylation sites is 2. The summed E-state index contributed by atoms with van der Waals surface area (Å²) in [4.78, 5) is 24.5. The molecule has 8 heteroatoms. The van der Waals surface area contributed by atoms with Crippen molar-refractivity contribution >= 4 is 23.2 Å². The molecule has 2 amide bonds. The van der Waals surface area contributed by atoms with Crippen LogP contribution < -0.4 is 10.6 Å². The van der Waals surface area contributed by atoms with Crippen LogP contribution in [0.5, 0.6) is 0 Å². The maximum absolute atomic E-state index is 13.0. The molecule has 0 heterocycles. The molecule has 1 aliphatic rings. The Bertz CT molecular complexity index is 934. The molecule has 0 spiro atoms. The number of carbonyl (C=O) groups excluding carboxylic acids is 2. The first-order valence-electron chi connectivity index (χ1n) is 8.08. The van der Waals surface area contributed by atoms with Gasteiger partial charge in [-0.1, -0.05) is 24.3 Å². The summed E-state index contributed by atoms with van der Waals surface area (Å²) < 4.78 is 39.0. The molecule has 0 radical (unpaired) electrons. The Kier molecular flexibility index (Phi) is 4.86. The number of nitrogens with one attached hydrogen (secondary N) is 2. The third-order valence-corrected chi connectivity index (χ3v) is 4.26. The molecule has 2 aromatic carbocycles. The van der Waals surface area contributed by atoms with Gasteiger partial charge in [-0.3, -0.25) is 9.59 Å². The van der Waals surface area contributed by atoms with E-state index < -0.39 is 35.4 Å². The standard InChI is InChI=1S/C19H14F3N3O2/c20-19(21,22)14-6-2-4-8-16(14)25-18(27)13-9-12(13)17(26)24-15-7-3-1-5-11(15)10-23/h1-8,12-13H,9H2,(H,24,26)(H,25,27). The lowest BCUT2D eigenvalue weighted by molar-refractivity contribution is -0.137. The van der Waals surface area contributed by atoms with Crippen molar-refractivity contribution in [2.24, 2.45) is 11.8 Å². The molecule has 0 saturated heterocycles. The second-order valence-corrected chi connectivity index (χ2v) is 6.13. The summed E-state index contributed by atoms with van der Waals surface area (Å²) in [5.41, 5.74) is -0.663. The summed E-state index contributed by atoms with van der Waals surface area (Å²) in [6.07, 6.45) is -4.36. The van der Waals surface area contributed by atoms with Crippen LogP contribution in [0.3, 0.4) is 0 Å². The van der Waals surface area contributed by atoms with Gasteiger partial charge in [0.05, 0.1) is 34.3 Å². The van der Waals surface area contributed by atoms with Crippen LogP contribution in [0.4, 0.5) is 24.5 Å². The number of hydrogen-bond donors (Lipinski definition) is 2. The first-order chi connectivity index (χ1) is 12.8. The minimum absolute atomic E-state index is 0.237. The number of anilines is 2. The van der Waals surface area contributed by atoms with E-state index in [1.807, 2.05) is 6.07 Å². The topological polar surface area (TPSA) is 82.0 Å². The fraction of sp³-hybridized carbons (Fsp3) is 0.211. The number of alkyl halides is 3. The Hall–Kier alpha value is -3.34. The Morgan fingerprint density at radius 3 is 2.04 bits per heavy atom. The average molecular weight is 373 g/mol. The molecule has 1 fully saturated rings. The number of benzene rings is 2. The van der Waals surface area contributed by atoms with Crippen molar-refractivity contribution in [1.29, 1.82) is 5.26 Å². The van der Waals surface area contributed by atoms with Gasteiger partial charge in [-0.05, 0) is 30.7 Å². The predicted molar refractivity (Wildman–Crippen MR) is 91.5 cm³/mol. The van der Waals surface area contributed by atoms with Gasteiger partial charge < -0.3 is 10.6 Å². The zero-order valence-corrected chi connectivity index (χ0v) is 13.9. The number of rotatable bonds is 4. The van der Waals surface area contributed by atoms with E-state index in [2.05, 4.69) is 10.6 Å². The molecule has 1 aliphatic carbocycles. The number of hydrogen-bond acceptors (Lipinski definition) is 3. The van der Waals surface area contributed by atoms with Crippen LogP contribution in [-0.4, -0.2) is 11.8 Å². The van der Waals surface area contributed by atoms with Crippen molar-refractivity contribution in [1.82, 2.24) is 0 Å². The first kappa shape index (κ1) is 18.5. The monoisotopic (exact) mass is 373 g/mol. The highest BCUT2D eigenvalue weighted by Crippen LogP contribution is 2.41. The van der Waals surface area contributed by atoms with E-state index in [9.17, 15) is 22.8 Å². The van der Waals surface area contributed by atoms with Gasteiger partial charge in [-0.15, -0.1) is 0 Å². The summed E-state index contributed by atoms with van der Waals surface area (Å²) in [6.45, 7) is 0. The minimum Gasteiger partial charge on any atom is -0.325 e. The maximum Gasteiger partial charge on any atom is 0.418 e. The SMILES string of the molecule is N#Cc1ccccc1NC(=O)C1CC1C(=O)Nc1ccccc1C(F)(F)F. The molecular formula is C19H14F3N3O2. The van der Waals surface area contributed by atoms with Crippen molar-refractivity contribution in [3.8, 4) is 6.07 Å². The van der Waals surface area contributed by atoms with E-state index >= 15 is 0 Å². The van der Waals surface area contributed by atoms with E-state index in [-0.39, 0.29) is 17.7 Å². The fourth-order valence-electron chi connectivity index (χ4n) is 2.75. The molecule has 1 saturated carbocycles. The smallest absolute Gasteiger partial charge is 0.325 e. The second kappa shape index (κ2) is 7.11. The first-order valence-corrected chi connectivity index (χ1v) is 8.08. The molecule has 2 N–H and O–H groups in total. The third-order valence-electron chi connectivity index (χ3n) is 4.26. The van der Waals surface area contributed by atoms with Crippen molar-refractivity contribution in [3.05, 3.63) is 59.7 Å².